The molecule has 1 N–H and O–H groups in total. The summed E-state index contributed by atoms with van der Waals surface area (Å²) in [5.41, 5.74) is -1.99. The minimum Gasteiger partial charge on any atom is -0.494 e. The Balaban J connectivity index is 2.01. The average Bonchev–Trinajstić information content (AvgIpc) is 3.71. The first-order chi connectivity index (χ1) is 21.1. The van der Waals surface area contributed by atoms with E-state index < -0.39 is 34.9 Å². The minimum atomic E-state index is -1.90. The monoisotopic (exact) mass is 612 g/mol. The van der Waals surface area contributed by atoms with Crippen LogP contribution in [0.2, 0.25) is 0 Å². The molecule has 10 heteroatoms. The summed E-state index contributed by atoms with van der Waals surface area (Å²) in [4.78, 5) is 34.8. The van der Waals surface area contributed by atoms with Crippen molar-refractivity contribution in [1.29, 1.82) is 0 Å². The first kappa shape index (κ1) is 29.8. The Morgan fingerprint density at radius 1 is 1.28 bits per heavy atom. The minimum absolute atomic E-state index is 0.0164. The largest absolute Gasteiger partial charge is 0.494 e. The van der Waals surface area contributed by atoms with Gasteiger partial charge in [0.25, 0.3) is 5.91 Å². The van der Waals surface area contributed by atoms with Crippen LogP contribution in [0.4, 0.5) is 0 Å². The zero-order chi connectivity index (χ0) is 33.5. The lowest BCUT2D eigenvalue weighted by Gasteiger charge is -2.47. The number of hydrogen-bond acceptors (Lipinski definition) is 7. The number of carboxylic acids is 1. The maximum Gasteiger partial charge on any atom is 0.332 e. The van der Waals surface area contributed by atoms with Gasteiger partial charge in [0.2, 0.25) is 0 Å². The summed E-state index contributed by atoms with van der Waals surface area (Å²) in [6.45, 7) is 16.1. The van der Waals surface area contributed by atoms with E-state index in [0.29, 0.717) is 29.0 Å². The normalized spacial score (nSPS) is 22.8. The second-order valence-electron chi connectivity index (χ2n) is 12.4. The van der Waals surface area contributed by atoms with Gasteiger partial charge in [-0.3, -0.25) is 9.48 Å². The third-order valence-electron chi connectivity index (χ3n) is 9.64. The number of aryl methyl sites for hydroxylation is 1. The number of hydrogen-bond donors (Lipinski definition) is 1. The summed E-state index contributed by atoms with van der Waals surface area (Å²) in [5.74, 6) is -1.28. The smallest absolute Gasteiger partial charge is 0.332 e. The molecule has 43 heavy (non-hydrogen) atoms. The number of aromatic nitrogens is 3. The van der Waals surface area contributed by atoms with Gasteiger partial charge in [-0.1, -0.05) is 33.8 Å². The molecule has 9 nitrogen and oxygen atoms in total. The van der Waals surface area contributed by atoms with Crippen molar-refractivity contribution in [3.63, 3.8) is 0 Å². The van der Waals surface area contributed by atoms with Gasteiger partial charge in [0, 0.05) is 41.9 Å². The third kappa shape index (κ3) is 5.37. The van der Waals surface area contributed by atoms with E-state index in [9.17, 15) is 9.90 Å². The van der Waals surface area contributed by atoms with E-state index in [2.05, 4.69) is 37.8 Å². The highest BCUT2D eigenvalue weighted by Crippen LogP contribution is 2.55. The van der Waals surface area contributed by atoms with Gasteiger partial charge >= 0.3 is 5.97 Å². The van der Waals surface area contributed by atoms with Crippen LogP contribution in [0.15, 0.2) is 42.0 Å². The van der Waals surface area contributed by atoms with Gasteiger partial charge in [0.15, 0.2) is 5.54 Å². The van der Waals surface area contributed by atoms with E-state index in [0.717, 1.165) is 12.0 Å². The first-order valence-electron chi connectivity index (χ1n) is 15.9. The number of aliphatic carboxylic acids is 1. The lowest BCUT2D eigenvalue weighted by atomic mass is 9.71. The first-order valence-corrected chi connectivity index (χ1v) is 15.8. The van der Waals surface area contributed by atoms with Gasteiger partial charge in [-0.05, 0) is 70.0 Å². The Kier molecular flexibility index (Phi) is 8.60. The van der Waals surface area contributed by atoms with Crippen molar-refractivity contribution in [1.82, 2.24) is 19.7 Å². The van der Waals surface area contributed by atoms with Crippen molar-refractivity contribution >= 4 is 23.2 Å². The zero-order valence-corrected chi connectivity index (χ0v) is 27.5. The molecule has 1 aromatic carbocycles. The van der Waals surface area contributed by atoms with E-state index in [1.54, 1.807) is 51.6 Å². The van der Waals surface area contributed by atoms with Crippen LogP contribution < -0.4 is 4.74 Å². The van der Waals surface area contributed by atoms with Crippen molar-refractivity contribution in [2.75, 3.05) is 20.3 Å². The molecule has 1 aliphatic heterocycles. The lowest BCUT2D eigenvalue weighted by Crippen LogP contribution is -2.66. The number of thiazole rings is 1. The summed E-state index contributed by atoms with van der Waals surface area (Å²) < 4.78 is 30.1. The Morgan fingerprint density at radius 2 is 2.00 bits per heavy atom. The quantitative estimate of drug-likeness (QED) is 0.250. The van der Waals surface area contributed by atoms with Crippen LogP contribution >= 0.6 is 11.3 Å². The SMILES string of the molecule is [2H]c1c(C)nn(C(C)(C)[C@@]2(C(=O)O)C[C@H](COC)[C@H](c3nccs3)N2C(=O)c2ccc(C(C)(CC)C(C)C)c(OCC)c2)c1[2H]. The molecule has 0 spiro atoms. The predicted molar refractivity (Wildman–Crippen MR) is 168 cm³/mol. The maximum absolute atomic E-state index is 15.0. The molecule has 1 saturated heterocycles. The van der Waals surface area contributed by atoms with E-state index in [-0.39, 0.29) is 36.2 Å². The number of likely N-dealkylation sites (tertiary alicyclic amines) is 1. The standard InChI is InChI=1S/C33H46N4O5S/c1-10-32(8,21(3)4)25-13-12-23(18-26(25)42-11-2)29(38)37-27(28-34-15-17-43-28)24(20-41-9)19-33(37,30(39)40)31(6,7)36-16-14-22(5)35-36/h12-18,21,24,27H,10-11,19-20H2,1-9H3,(H,39,40)/t24-,27-,32?,33+/m1/s1/i14D,16D. The van der Waals surface area contributed by atoms with Crippen molar-refractivity contribution in [2.45, 2.75) is 90.8 Å². The highest BCUT2D eigenvalue weighted by atomic mass is 32.1. The number of ether oxygens (including phenoxy) is 2. The molecule has 4 atom stereocenters. The van der Waals surface area contributed by atoms with Crippen LogP contribution in [0.5, 0.6) is 5.75 Å². The van der Waals surface area contributed by atoms with Crippen LogP contribution in [0.3, 0.4) is 0 Å². The topological polar surface area (TPSA) is 107 Å². The molecule has 4 rings (SSSR count). The summed E-state index contributed by atoms with van der Waals surface area (Å²) >= 11 is 1.35. The van der Waals surface area contributed by atoms with Crippen LogP contribution in [-0.2, 0) is 20.5 Å². The number of rotatable bonds is 12. The molecule has 0 radical (unpaired) electrons. The summed E-state index contributed by atoms with van der Waals surface area (Å²) in [6.07, 6.45) is 2.30. The number of nitrogens with zero attached hydrogens (tertiary/aromatic N) is 4. The summed E-state index contributed by atoms with van der Waals surface area (Å²) in [7, 11) is 1.55. The number of carboxylic acid groups (broad SMARTS) is 1. The van der Waals surface area contributed by atoms with Gasteiger partial charge in [-0.2, -0.15) is 5.10 Å². The fourth-order valence-corrected chi connectivity index (χ4v) is 7.44. The van der Waals surface area contributed by atoms with E-state index >= 15 is 4.79 Å². The molecule has 3 heterocycles. The van der Waals surface area contributed by atoms with Gasteiger partial charge in [-0.25, -0.2) is 9.78 Å². The average molecular weight is 613 g/mol. The summed E-state index contributed by atoms with van der Waals surface area (Å²) in [6, 6.07) is 4.59. The second-order valence-corrected chi connectivity index (χ2v) is 13.4. The number of carbonyl (C=O) groups is 2. The number of carbonyl (C=O) groups excluding carboxylic acids is 1. The second kappa shape index (κ2) is 12.4. The van der Waals surface area contributed by atoms with Crippen LogP contribution in [-0.4, -0.2) is 62.5 Å². The molecule has 1 amide bonds. The molecule has 0 aliphatic carbocycles. The Labute approximate surface area is 262 Å². The van der Waals surface area contributed by atoms with E-state index in [4.69, 9.17) is 12.2 Å². The highest BCUT2D eigenvalue weighted by Gasteiger charge is 2.67. The summed E-state index contributed by atoms with van der Waals surface area (Å²) in [5, 5.41) is 18.1. The van der Waals surface area contributed by atoms with Crippen molar-refractivity contribution in [3.05, 3.63) is 63.8 Å². The van der Waals surface area contributed by atoms with Crippen LogP contribution in [0.25, 0.3) is 0 Å². The number of methoxy groups -OCH3 is 1. The van der Waals surface area contributed by atoms with Gasteiger partial charge in [0.1, 0.15) is 10.8 Å². The third-order valence-corrected chi connectivity index (χ3v) is 10.5. The fraction of sp³-hybridized carbons (Fsp3) is 0.576. The molecule has 2 aromatic heterocycles. The lowest BCUT2D eigenvalue weighted by molar-refractivity contribution is -0.156. The predicted octanol–water partition coefficient (Wildman–Crippen LogP) is 6.48. The Morgan fingerprint density at radius 3 is 2.51 bits per heavy atom. The zero-order valence-electron chi connectivity index (χ0n) is 28.7. The number of amides is 1. The maximum atomic E-state index is 15.0. The van der Waals surface area contributed by atoms with Gasteiger partial charge < -0.3 is 19.5 Å². The van der Waals surface area contributed by atoms with Gasteiger partial charge in [0.05, 0.1) is 33.2 Å². The van der Waals surface area contributed by atoms with Crippen LogP contribution in [0, 0.1) is 18.8 Å². The molecule has 1 unspecified atom stereocenters. The molecule has 0 bridgehead atoms. The fourth-order valence-electron chi connectivity index (χ4n) is 6.62. The van der Waals surface area contributed by atoms with E-state index in [1.165, 1.54) is 20.9 Å². The van der Waals surface area contributed by atoms with Crippen molar-refractivity contribution < 1.29 is 26.9 Å². The Bertz CT molecular complexity index is 1540. The van der Waals surface area contributed by atoms with Gasteiger partial charge in [-0.15, -0.1) is 11.3 Å². The molecular formula is C33H46N4O5S. The molecular weight excluding hydrogens is 564 g/mol. The highest BCUT2D eigenvalue weighted by molar-refractivity contribution is 7.09. The molecule has 1 fully saturated rings. The molecule has 3 aromatic rings. The number of benzene rings is 1. The molecule has 234 valence electrons. The van der Waals surface area contributed by atoms with E-state index in [1.807, 2.05) is 13.0 Å². The van der Waals surface area contributed by atoms with Crippen molar-refractivity contribution in [2.24, 2.45) is 11.8 Å². The Hall–Kier alpha value is -3.24. The van der Waals surface area contributed by atoms with Crippen LogP contribution in [0.1, 0.15) is 96.7 Å². The molecule has 1 aliphatic rings. The molecule has 0 saturated carbocycles. The van der Waals surface area contributed by atoms with Crippen molar-refractivity contribution in [3.8, 4) is 5.75 Å².